The van der Waals surface area contributed by atoms with Crippen LogP contribution in [0.2, 0.25) is 0 Å². The molecule has 1 aliphatic heterocycles. The first kappa shape index (κ1) is 20.7. The summed E-state index contributed by atoms with van der Waals surface area (Å²) in [4.78, 5) is 27.2. The molecule has 1 aromatic heterocycles. The van der Waals surface area contributed by atoms with E-state index in [0.717, 1.165) is 10.4 Å². The molecule has 1 aromatic carbocycles. The Bertz CT molecular complexity index is 944. The smallest absolute Gasteiger partial charge is 0.410 e. The lowest BCUT2D eigenvalue weighted by atomic mass is 10.0. The highest BCUT2D eigenvalue weighted by atomic mass is 32.1. The van der Waals surface area contributed by atoms with E-state index in [-0.39, 0.29) is 18.1 Å². The van der Waals surface area contributed by atoms with Crippen molar-refractivity contribution in [2.24, 2.45) is 0 Å². The number of carbonyl (C=O) groups excluding carboxylic acids is 2. The fourth-order valence-corrected chi connectivity index (χ4v) is 4.32. The average Bonchev–Trinajstić information content (AvgIpc) is 3.04. The predicted molar refractivity (Wildman–Crippen MR) is 110 cm³/mol. The maximum atomic E-state index is 12.6. The summed E-state index contributed by atoms with van der Waals surface area (Å²) >= 11 is 1.33. The number of nitrogens with one attached hydrogen (secondary N) is 1. The fourth-order valence-electron chi connectivity index (χ4n) is 3.11. The Labute approximate surface area is 173 Å². The highest BCUT2D eigenvalue weighted by Crippen LogP contribution is 2.37. The number of fused-ring (bicyclic) bond motifs is 1. The molecule has 8 heteroatoms. The van der Waals surface area contributed by atoms with Gasteiger partial charge in [-0.3, -0.25) is 4.79 Å². The third-order valence-corrected chi connectivity index (χ3v) is 5.54. The predicted octanol–water partition coefficient (Wildman–Crippen LogP) is 4.17. The summed E-state index contributed by atoms with van der Waals surface area (Å²) < 4.78 is 10.7. The second kappa shape index (κ2) is 8.97. The number of amides is 2. The van der Waals surface area contributed by atoms with Gasteiger partial charge in [0.25, 0.3) is 5.91 Å². The highest BCUT2D eigenvalue weighted by Gasteiger charge is 2.28. The zero-order chi connectivity index (χ0) is 21.0. The number of benzene rings is 1. The molecule has 0 bridgehead atoms. The third kappa shape index (κ3) is 4.69. The minimum Gasteiger partial charge on any atom is -0.491 e. The molecule has 1 aliphatic rings. The molecular weight excluding hydrogens is 390 g/mol. The van der Waals surface area contributed by atoms with Gasteiger partial charge >= 0.3 is 6.09 Å². The van der Waals surface area contributed by atoms with Crippen LogP contribution in [0.1, 0.15) is 47.1 Å². The molecule has 0 aliphatic carbocycles. The van der Waals surface area contributed by atoms with E-state index >= 15 is 0 Å². The Hall–Kier alpha value is -3.05. The van der Waals surface area contributed by atoms with Gasteiger partial charge in [0.1, 0.15) is 16.8 Å². The van der Waals surface area contributed by atoms with Crippen molar-refractivity contribution in [2.45, 2.75) is 39.8 Å². The summed E-state index contributed by atoms with van der Waals surface area (Å²) in [6, 6.07) is 9.07. The molecule has 2 aromatic rings. The van der Waals surface area contributed by atoms with Gasteiger partial charge in [0.05, 0.1) is 24.8 Å². The lowest BCUT2D eigenvalue weighted by Crippen LogP contribution is -2.35. The lowest BCUT2D eigenvalue weighted by Gasteiger charge is -2.25. The highest BCUT2D eigenvalue weighted by molar-refractivity contribution is 7.16. The first-order valence-electron chi connectivity index (χ1n) is 9.47. The van der Waals surface area contributed by atoms with Crippen LogP contribution in [0.15, 0.2) is 24.3 Å². The van der Waals surface area contributed by atoms with E-state index in [2.05, 4.69) is 11.4 Å². The molecule has 0 saturated heterocycles. The molecule has 7 nitrogen and oxygen atoms in total. The van der Waals surface area contributed by atoms with E-state index in [1.165, 1.54) is 11.3 Å². The molecule has 0 fully saturated rings. The lowest BCUT2D eigenvalue weighted by molar-refractivity contribution is 0.102. The summed E-state index contributed by atoms with van der Waals surface area (Å²) in [7, 11) is 0. The van der Waals surface area contributed by atoms with Crippen LogP contribution in [0.5, 0.6) is 5.75 Å². The molecule has 152 valence electrons. The number of rotatable bonds is 5. The molecule has 0 saturated carbocycles. The number of carbonyl (C=O) groups is 2. The summed E-state index contributed by atoms with van der Waals surface area (Å²) in [5.74, 6) is 0.401. The first-order chi connectivity index (χ1) is 13.9. The quantitative estimate of drug-likeness (QED) is 0.794. The van der Waals surface area contributed by atoms with Crippen molar-refractivity contribution in [2.75, 3.05) is 18.5 Å². The molecule has 2 amide bonds. The number of hydrogen-bond acceptors (Lipinski definition) is 6. The summed E-state index contributed by atoms with van der Waals surface area (Å²) in [6.45, 7) is 6.82. The number of nitrogens with zero attached hydrogens (tertiary/aromatic N) is 2. The molecular formula is C21H23N3O4S. The van der Waals surface area contributed by atoms with Crippen LogP contribution >= 0.6 is 11.3 Å². The third-order valence-electron chi connectivity index (χ3n) is 4.41. The molecule has 2 heterocycles. The van der Waals surface area contributed by atoms with Crippen molar-refractivity contribution in [3.63, 3.8) is 0 Å². The van der Waals surface area contributed by atoms with Crippen molar-refractivity contribution in [1.29, 1.82) is 5.26 Å². The van der Waals surface area contributed by atoms with Gasteiger partial charge in [-0.1, -0.05) is 0 Å². The topological polar surface area (TPSA) is 91.7 Å². The minimum absolute atomic E-state index is 0.0551. The molecule has 0 radical (unpaired) electrons. The number of thiophene rings is 1. The first-order valence-corrected chi connectivity index (χ1v) is 10.3. The number of nitriles is 1. The zero-order valence-corrected chi connectivity index (χ0v) is 17.5. The molecule has 29 heavy (non-hydrogen) atoms. The van der Waals surface area contributed by atoms with Crippen LogP contribution in [0.3, 0.4) is 0 Å². The maximum Gasteiger partial charge on any atom is 0.410 e. The fraction of sp³-hybridized carbons (Fsp3) is 0.381. The van der Waals surface area contributed by atoms with E-state index in [0.29, 0.717) is 48.0 Å². The normalized spacial score (nSPS) is 12.9. The van der Waals surface area contributed by atoms with Gasteiger partial charge in [-0.25, -0.2) is 4.79 Å². The van der Waals surface area contributed by atoms with Crippen LogP contribution in [-0.4, -0.2) is 36.2 Å². The molecule has 1 N–H and O–H groups in total. The zero-order valence-electron chi connectivity index (χ0n) is 16.7. The minimum atomic E-state index is -0.362. The maximum absolute atomic E-state index is 12.6. The SMILES string of the molecule is CCOC(=O)N1CCc2c(sc(NC(=O)c3ccc(OC(C)C)cc3)c2C#N)C1. The van der Waals surface area contributed by atoms with Crippen molar-refractivity contribution >= 4 is 28.3 Å². The number of anilines is 1. The van der Waals surface area contributed by atoms with Gasteiger partial charge in [-0.05, 0) is 57.0 Å². The largest absolute Gasteiger partial charge is 0.491 e. The second-order valence-corrected chi connectivity index (χ2v) is 7.94. The second-order valence-electron chi connectivity index (χ2n) is 6.84. The molecule has 0 spiro atoms. The van der Waals surface area contributed by atoms with Gasteiger partial charge in [0, 0.05) is 17.0 Å². The van der Waals surface area contributed by atoms with Crippen molar-refractivity contribution < 1.29 is 19.1 Å². The van der Waals surface area contributed by atoms with E-state index in [9.17, 15) is 14.9 Å². The average molecular weight is 413 g/mol. The standard InChI is InChI=1S/C21H23N3O4S/c1-4-27-21(26)24-10-9-16-17(11-22)20(29-18(16)12-24)23-19(25)14-5-7-15(8-6-14)28-13(2)3/h5-8,13H,4,9-10,12H2,1-3H3,(H,23,25). The van der Waals surface area contributed by atoms with Gasteiger partial charge in [-0.2, -0.15) is 5.26 Å². The Morgan fingerprint density at radius 2 is 2.03 bits per heavy atom. The van der Waals surface area contributed by atoms with E-state index in [1.54, 1.807) is 36.1 Å². The molecule has 0 unspecified atom stereocenters. The summed E-state index contributed by atoms with van der Waals surface area (Å²) in [5, 5.41) is 13.0. The van der Waals surface area contributed by atoms with Crippen molar-refractivity contribution in [3.8, 4) is 11.8 Å². The van der Waals surface area contributed by atoms with Crippen molar-refractivity contribution in [3.05, 3.63) is 45.8 Å². The van der Waals surface area contributed by atoms with Crippen molar-refractivity contribution in [1.82, 2.24) is 4.90 Å². The molecule has 0 atom stereocenters. The van der Waals surface area contributed by atoms with Crippen LogP contribution in [0, 0.1) is 11.3 Å². The van der Waals surface area contributed by atoms with E-state index < -0.39 is 0 Å². The monoisotopic (exact) mass is 413 g/mol. The van der Waals surface area contributed by atoms with Crippen LogP contribution in [-0.2, 0) is 17.7 Å². The van der Waals surface area contributed by atoms with Gasteiger partial charge in [0.2, 0.25) is 0 Å². The van der Waals surface area contributed by atoms with Gasteiger partial charge < -0.3 is 19.7 Å². The van der Waals surface area contributed by atoms with Gasteiger partial charge in [-0.15, -0.1) is 11.3 Å². The Morgan fingerprint density at radius 3 is 2.66 bits per heavy atom. The van der Waals surface area contributed by atoms with E-state index in [4.69, 9.17) is 9.47 Å². The van der Waals surface area contributed by atoms with Crippen LogP contribution in [0.4, 0.5) is 9.80 Å². The number of hydrogen-bond donors (Lipinski definition) is 1. The summed E-state index contributed by atoms with van der Waals surface area (Å²) in [6.07, 6.45) is 0.254. The van der Waals surface area contributed by atoms with Gasteiger partial charge in [0.15, 0.2) is 0 Å². The molecule has 3 rings (SSSR count). The summed E-state index contributed by atoms with van der Waals surface area (Å²) in [5.41, 5.74) is 1.85. The Morgan fingerprint density at radius 1 is 1.31 bits per heavy atom. The van der Waals surface area contributed by atoms with Crippen LogP contribution < -0.4 is 10.1 Å². The number of ether oxygens (including phenoxy) is 2. The Kier molecular flexibility index (Phi) is 6.39. The van der Waals surface area contributed by atoms with E-state index in [1.807, 2.05) is 13.8 Å². The Balaban J connectivity index is 1.76. The van der Waals surface area contributed by atoms with Crippen LogP contribution in [0.25, 0.3) is 0 Å².